The fourth-order valence-electron chi connectivity index (χ4n) is 3.15. The van der Waals surface area contributed by atoms with Crippen molar-refractivity contribution in [2.75, 3.05) is 49.3 Å². The number of ether oxygens (including phenoxy) is 1. The smallest absolute Gasteiger partial charge is 0.249 e. The molecule has 1 aliphatic rings. The van der Waals surface area contributed by atoms with Crippen molar-refractivity contribution in [1.29, 1.82) is 0 Å². The molecule has 2 aromatic rings. The lowest BCUT2D eigenvalue weighted by Crippen LogP contribution is -2.32. The summed E-state index contributed by atoms with van der Waals surface area (Å²) in [6.07, 6.45) is 2.23. The molecule has 12 heteroatoms. The van der Waals surface area contributed by atoms with Crippen LogP contribution in [0.25, 0.3) is 11.5 Å². The lowest BCUT2D eigenvalue weighted by atomic mass is 10.2. The highest BCUT2D eigenvalue weighted by Gasteiger charge is 2.35. The van der Waals surface area contributed by atoms with Gasteiger partial charge in [-0.3, -0.25) is 4.31 Å². The molecule has 10 nitrogen and oxygen atoms in total. The van der Waals surface area contributed by atoms with Gasteiger partial charge in [-0.25, -0.2) is 13.4 Å². The van der Waals surface area contributed by atoms with Crippen LogP contribution in [0.4, 0.5) is 11.6 Å². The van der Waals surface area contributed by atoms with Crippen LogP contribution < -0.4 is 14.9 Å². The SMILES string of the molecule is COCCN(C[C@@H]1C[C@H]1C)c1cc(-c2nnc(C(C)N)o2)c(Cl)c(N(C)S(C)(=O)=O)n1. The normalized spacial score (nSPS) is 19.3. The number of nitrogens with zero attached hydrogens (tertiary/aromatic N) is 5. The van der Waals surface area contributed by atoms with Crippen LogP contribution in [0.2, 0.25) is 5.02 Å². The van der Waals surface area contributed by atoms with Gasteiger partial charge < -0.3 is 19.8 Å². The monoisotopic (exact) mass is 472 g/mol. The molecule has 1 fully saturated rings. The Labute approximate surface area is 187 Å². The van der Waals surface area contributed by atoms with Crippen LogP contribution in [-0.2, 0) is 14.8 Å². The van der Waals surface area contributed by atoms with Gasteiger partial charge in [-0.1, -0.05) is 18.5 Å². The minimum Gasteiger partial charge on any atom is -0.419 e. The summed E-state index contributed by atoms with van der Waals surface area (Å²) < 4.78 is 36.5. The van der Waals surface area contributed by atoms with Crippen molar-refractivity contribution in [3.05, 3.63) is 17.0 Å². The van der Waals surface area contributed by atoms with Gasteiger partial charge in [0.1, 0.15) is 5.82 Å². The molecule has 0 radical (unpaired) electrons. The number of aromatic nitrogens is 3. The number of sulfonamides is 1. The second-order valence-electron chi connectivity index (χ2n) is 8.04. The molecule has 0 bridgehead atoms. The van der Waals surface area contributed by atoms with Gasteiger partial charge in [-0.15, -0.1) is 10.2 Å². The molecule has 3 rings (SSSR count). The summed E-state index contributed by atoms with van der Waals surface area (Å²) in [7, 11) is -0.570. The topological polar surface area (TPSA) is 128 Å². The summed E-state index contributed by atoms with van der Waals surface area (Å²) in [5.74, 6) is 2.23. The largest absolute Gasteiger partial charge is 0.419 e. The van der Waals surface area contributed by atoms with Gasteiger partial charge in [0.05, 0.1) is 29.5 Å². The molecule has 172 valence electrons. The molecular weight excluding hydrogens is 444 g/mol. The van der Waals surface area contributed by atoms with Gasteiger partial charge in [0.2, 0.25) is 21.8 Å². The average Bonchev–Trinajstić information content (AvgIpc) is 3.17. The molecule has 0 aromatic carbocycles. The third kappa shape index (κ3) is 5.46. The quantitative estimate of drug-likeness (QED) is 0.553. The summed E-state index contributed by atoms with van der Waals surface area (Å²) in [6.45, 7) is 5.79. The number of nitrogens with two attached hydrogens (primary N) is 1. The second kappa shape index (κ2) is 9.27. The number of hydrogen-bond donors (Lipinski definition) is 1. The Morgan fingerprint density at radius 1 is 1.42 bits per heavy atom. The zero-order chi connectivity index (χ0) is 22.9. The van der Waals surface area contributed by atoms with E-state index in [0.717, 1.165) is 23.5 Å². The van der Waals surface area contributed by atoms with Gasteiger partial charge in [0.25, 0.3) is 0 Å². The van der Waals surface area contributed by atoms with E-state index in [-0.39, 0.29) is 22.6 Å². The predicted octanol–water partition coefficient (Wildman–Crippen LogP) is 2.31. The van der Waals surface area contributed by atoms with Crippen molar-refractivity contribution in [2.45, 2.75) is 26.3 Å². The number of pyridine rings is 1. The molecule has 0 aliphatic heterocycles. The lowest BCUT2D eigenvalue weighted by molar-refractivity contribution is 0.204. The first-order valence-corrected chi connectivity index (χ1v) is 12.2. The summed E-state index contributed by atoms with van der Waals surface area (Å²) in [5.41, 5.74) is 6.23. The van der Waals surface area contributed by atoms with Crippen molar-refractivity contribution in [3.63, 3.8) is 0 Å². The van der Waals surface area contributed by atoms with Crippen LogP contribution in [-0.4, -0.2) is 63.7 Å². The molecule has 1 unspecified atom stereocenters. The third-order valence-electron chi connectivity index (χ3n) is 5.40. The van der Waals surface area contributed by atoms with Crippen molar-refractivity contribution in [3.8, 4) is 11.5 Å². The minimum atomic E-state index is -3.61. The first-order chi connectivity index (χ1) is 14.5. The van der Waals surface area contributed by atoms with E-state index >= 15 is 0 Å². The number of hydrogen-bond acceptors (Lipinski definition) is 9. The maximum atomic E-state index is 12.2. The molecule has 1 aliphatic carbocycles. The Morgan fingerprint density at radius 2 is 2.10 bits per heavy atom. The van der Waals surface area contributed by atoms with Gasteiger partial charge in [0, 0.05) is 27.2 Å². The van der Waals surface area contributed by atoms with Gasteiger partial charge in [0.15, 0.2) is 5.82 Å². The van der Waals surface area contributed by atoms with Gasteiger partial charge >= 0.3 is 0 Å². The van der Waals surface area contributed by atoms with Crippen molar-refractivity contribution in [1.82, 2.24) is 15.2 Å². The van der Waals surface area contributed by atoms with E-state index in [1.165, 1.54) is 7.05 Å². The van der Waals surface area contributed by atoms with Crippen LogP contribution in [0.15, 0.2) is 10.5 Å². The zero-order valence-corrected chi connectivity index (χ0v) is 19.9. The zero-order valence-electron chi connectivity index (χ0n) is 18.4. The third-order valence-corrected chi connectivity index (χ3v) is 6.94. The molecule has 0 saturated heterocycles. The standard InChI is InChI=1S/C19H29ClN6O4S/c1-11-8-13(11)10-26(6-7-29-4)15-9-14(19-24-23-18(30-19)12(2)21)16(20)17(22-15)25(3)31(5,27)28/h9,11-13H,6-8,10,21H2,1-5H3/t11-,12?,13+/m1/s1. The Bertz CT molecular complexity index is 1030. The van der Waals surface area contributed by atoms with E-state index in [0.29, 0.717) is 36.4 Å². The lowest BCUT2D eigenvalue weighted by Gasteiger charge is -2.26. The predicted molar refractivity (Wildman–Crippen MR) is 120 cm³/mol. The molecular formula is C19H29ClN6O4S. The minimum absolute atomic E-state index is 0.0866. The van der Waals surface area contributed by atoms with Crippen molar-refractivity contribution >= 4 is 33.3 Å². The summed E-state index contributed by atoms with van der Waals surface area (Å²) in [5, 5.41) is 8.12. The first kappa shape index (κ1) is 23.7. The Hall–Kier alpha value is -1.95. The van der Waals surface area contributed by atoms with E-state index in [1.54, 1.807) is 20.1 Å². The Kier molecular flexibility index (Phi) is 7.09. The molecule has 1 saturated carbocycles. The van der Waals surface area contributed by atoms with Crippen LogP contribution in [0.5, 0.6) is 0 Å². The van der Waals surface area contributed by atoms with Crippen molar-refractivity contribution < 1.29 is 17.6 Å². The van der Waals surface area contributed by atoms with Crippen LogP contribution in [0.1, 0.15) is 32.2 Å². The summed E-state index contributed by atoms with van der Waals surface area (Å²) >= 11 is 6.58. The molecule has 0 amide bonds. The maximum absolute atomic E-state index is 12.2. The van der Waals surface area contributed by atoms with Gasteiger partial charge in [-0.2, -0.15) is 0 Å². The van der Waals surface area contributed by atoms with E-state index in [9.17, 15) is 8.42 Å². The van der Waals surface area contributed by atoms with Crippen LogP contribution in [0, 0.1) is 11.8 Å². The highest BCUT2D eigenvalue weighted by molar-refractivity contribution is 7.92. The van der Waals surface area contributed by atoms with Crippen molar-refractivity contribution in [2.24, 2.45) is 17.6 Å². The second-order valence-corrected chi connectivity index (χ2v) is 10.4. The fourth-order valence-corrected chi connectivity index (χ4v) is 3.95. The fraction of sp³-hybridized carbons (Fsp3) is 0.632. The molecule has 0 spiro atoms. The molecule has 3 atom stereocenters. The molecule has 2 N–H and O–H groups in total. The van der Waals surface area contributed by atoms with E-state index < -0.39 is 16.1 Å². The maximum Gasteiger partial charge on any atom is 0.249 e. The highest BCUT2D eigenvalue weighted by atomic mass is 35.5. The number of anilines is 2. The molecule has 31 heavy (non-hydrogen) atoms. The van der Waals surface area contributed by atoms with Crippen LogP contribution in [0.3, 0.4) is 0 Å². The molecule has 2 aromatic heterocycles. The van der Waals surface area contributed by atoms with Gasteiger partial charge in [-0.05, 0) is 31.2 Å². The highest BCUT2D eigenvalue weighted by Crippen LogP contribution is 2.41. The summed E-state index contributed by atoms with van der Waals surface area (Å²) in [4.78, 5) is 6.67. The average molecular weight is 473 g/mol. The van der Waals surface area contributed by atoms with E-state index in [4.69, 9.17) is 26.5 Å². The summed E-state index contributed by atoms with van der Waals surface area (Å²) in [6, 6.07) is 1.29. The van der Waals surface area contributed by atoms with E-state index in [1.807, 2.05) is 0 Å². The van der Waals surface area contributed by atoms with E-state index in [2.05, 4.69) is 27.0 Å². The Balaban J connectivity index is 2.12. The Morgan fingerprint density at radius 3 is 2.61 bits per heavy atom. The number of methoxy groups -OCH3 is 1. The van der Waals surface area contributed by atoms with Crippen LogP contribution >= 0.6 is 11.6 Å². The molecule has 2 heterocycles. The number of rotatable bonds is 10. The number of halogens is 1. The first-order valence-electron chi connectivity index (χ1n) is 10.0.